The van der Waals surface area contributed by atoms with Crippen LogP contribution in [0.4, 0.5) is 0 Å². The maximum absolute atomic E-state index is 14.2. The zero-order valence-corrected chi connectivity index (χ0v) is 33.4. The predicted molar refractivity (Wildman–Crippen MR) is 203 cm³/mol. The number of carbonyl (C=O) groups excluding carboxylic acids is 2. The largest absolute Gasteiger partial charge is 0.353 e. The number of carbonyl (C=O) groups is 2. The summed E-state index contributed by atoms with van der Waals surface area (Å²) in [6.07, 6.45) is 4.48. The fourth-order valence-electron chi connectivity index (χ4n) is 8.84. The smallest absolute Gasteiger partial charge is 0.352 e. The number of fused-ring (bicyclic) bond motifs is 2. The van der Waals surface area contributed by atoms with Crippen LogP contribution >= 0.6 is 7.60 Å². The molecule has 1 spiro atoms. The van der Waals surface area contributed by atoms with Gasteiger partial charge in [-0.1, -0.05) is 81.4 Å². The minimum Gasteiger partial charge on any atom is -0.352 e. The third kappa shape index (κ3) is 8.95. The minimum absolute atomic E-state index is 0.00845. The van der Waals surface area contributed by atoms with Gasteiger partial charge in [-0.25, -0.2) is 9.78 Å². The van der Waals surface area contributed by atoms with Crippen LogP contribution in [0.3, 0.4) is 0 Å². The first kappa shape index (κ1) is 40.9. The van der Waals surface area contributed by atoms with E-state index >= 15 is 0 Å². The SMILES string of the molecule is CCOP(=O)(/C=C/[C@H](NC(=O)[C@@H](CC(=O)[C@@H](C)CO[C@H]1O[C@@H]2O[C@@]3(C)CC[C@H]4[C@H](C)CC[C@@H]([C@H]1C)[C@@]24OO3)Cc1ccccc1)c1ccccc1)OCC. The second-order valence-electron chi connectivity index (χ2n) is 15.7. The molecule has 4 heterocycles. The zero-order chi connectivity index (χ0) is 38.5. The van der Waals surface area contributed by atoms with Gasteiger partial charge in [0, 0.05) is 42.3 Å². The van der Waals surface area contributed by atoms with Gasteiger partial charge < -0.3 is 28.6 Å². The lowest BCUT2D eigenvalue weighted by Gasteiger charge is -2.60. The number of ether oxygens (including phenoxy) is 3. The van der Waals surface area contributed by atoms with Gasteiger partial charge in [0.1, 0.15) is 5.78 Å². The average Bonchev–Trinajstić information content (AvgIpc) is 3.40. The Morgan fingerprint density at radius 1 is 0.963 bits per heavy atom. The first-order valence-corrected chi connectivity index (χ1v) is 21.3. The molecule has 2 aromatic carbocycles. The van der Waals surface area contributed by atoms with E-state index in [0.29, 0.717) is 12.3 Å². The number of ketones is 1. The van der Waals surface area contributed by atoms with Gasteiger partial charge in [0.15, 0.2) is 18.2 Å². The summed E-state index contributed by atoms with van der Waals surface area (Å²) in [7, 11) is -3.53. The first-order chi connectivity index (χ1) is 25.9. The van der Waals surface area contributed by atoms with E-state index < -0.39 is 49.4 Å². The van der Waals surface area contributed by atoms with Crippen LogP contribution < -0.4 is 5.32 Å². The molecular formula is C42H58NO10P. The second kappa shape index (κ2) is 17.6. The van der Waals surface area contributed by atoms with E-state index in [2.05, 4.69) is 19.2 Å². The second-order valence-corrected chi connectivity index (χ2v) is 17.6. The summed E-state index contributed by atoms with van der Waals surface area (Å²) in [6.45, 7) is 12.2. The van der Waals surface area contributed by atoms with Crippen LogP contribution in [0.25, 0.3) is 0 Å². The highest BCUT2D eigenvalue weighted by Crippen LogP contribution is 2.60. The Bertz CT molecular complexity index is 1630. The number of hydrogen-bond acceptors (Lipinski definition) is 10. The molecule has 0 aromatic heterocycles. The molecule has 5 aliphatic rings. The Hall–Kier alpha value is -2.73. The number of hydrogen-bond donors (Lipinski definition) is 1. The molecule has 4 saturated heterocycles. The Morgan fingerprint density at radius 2 is 1.65 bits per heavy atom. The Labute approximate surface area is 320 Å². The van der Waals surface area contributed by atoms with Crippen LogP contribution in [0, 0.1) is 35.5 Å². The Morgan fingerprint density at radius 3 is 2.33 bits per heavy atom. The van der Waals surface area contributed by atoms with Crippen LogP contribution in [-0.4, -0.2) is 55.5 Å². The molecule has 0 radical (unpaired) electrons. The minimum atomic E-state index is -3.53. The molecule has 1 aliphatic carbocycles. The van der Waals surface area contributed by atoms with Crippen LogP contribution in [0.5, 0.6) is 0 Å². The predicted octanol–water partition coefficient (Wildman–Crippen LogP) is 8.30. The number of Topliss-reactive ketones (excluding diaryl/α,β-unsaturated/α-hetero) is 1. The quantitative estimate of drug-likeness (QED) is 0.124. The topological polar surface area (TPSA) is 128 Å². The first-order valence-electron chi connectivity index (χ1n) is 19.7. The van der Waals surface area contributed by atoms with Crippen molar-refractivity contribution in [3.8, 4) is 0 Å². The fourth-order valence-corrected chi connectivity index (χ4v) is 10.2. The summed E-state index contributed by atoms with van der Waals surface area (Å²) in [5, 5.41) is 3.12. The molecule has 1 saturated carbocycles. The van der Waals surface area contributed by atoms with E-state index in [0.717, 1.165) is 36.8 Å². The summed E-state index contributed by atoms with van der Waals surface area (Å²) in [5.74, 6) is -0.252. The molecule has 11 nitrogen and oxygen atoms in total. The third-order valence-electron chi connectivity index (χ3n) is 11.8. The number of amides is 1. The number of rotatable bonds is 17. The normalized spacial score (nSPS) is 32.3. The van der Waals surface area contributed by atoms with Gasteiger partial charge in [-0.15, -0.1) is 0 Å². The van der Waals surface area contributed by atoms with Crippen molar-refractivity contribution >= 4 is 19.3 Å². The van der Waals surface area contributed by atoms with Crippen molar-refractivity contribution in [2.75, 3.05) is 19.8 Å². The molecule has 54 heavy (non-hydrogen) atoms. The highest BCUT2D eigenvalue weighted by Gasteiger charge is 2.69. The Kier molecular flexibility index (Phi) is 13.3. The monoisotopic (exact) mass is 767 g/mol. The van der Waals surface area contributed by atoms with Gasteiger partial charge in [0.05, 0.1) is 25.9 Å². The van der Waals surface area contributed by atoms with E-state index in [9.17, 15) is 14.2 Å². The van der Waals surface area contributed by atoms with Gasteiger partial charge in [0.25, 0.3) is 0 Å². The van der Waals surface area contributed by atoms with Gasteiger partial charge in [-0.3, -0.25) is 14.2 Å². The molecule has 7 rings (SSSR count). The molecule has 1 N–H and O–H groups in total. The van der Waals surface area contributed by atoms with Crippen molar-refractivity contribution in [3.63, 3.8) is 0 Å². The average molecular weight is 768 g/mol. The number of benzene rings is 2. The van der Waals surface area contributed by atoms with Gasteiger partial charge in [-0.05, 0) is 75.5 Å². The molecule has 296 valence electrons. The molecule has 2 aromatic rings. The van der Waals surface area contributed by atoms with Crippen molar-refractivity contribution in [3.05, 3.63) is 83.7 Å². The maximum Gasteiger partial charge on any atom is 0.353 e. The lowest BCUT2D eigenvalue weighted by atomic mass is 9.58. The van der Waals surface area contributed by atoms with Crippen molar-refractivity contribution in [1.29, 1.82) is 0 Å². The third-order valence-corrected chi connectivity index (χ3v) is 13.6. The van der Waals surface area contributed by atoms with Crippen molar-refractivity contribution in [1.82, 2.24) is 5.32 Å². The summed E-state index contributed by atoms with van der Waals surface area (Å²) in [4.78, 5) is 40.3. The Balaban J connectivity index is 1.15. The highest BCUT2D eigenvalue weighted by molar-refractivity contribution is 7.57. The molecule has 5 fully saturated rings. The standard InChI is InChI=1S/C42H58NO10P/c1-7-48-54(46,49-8-2)24-22-36(32-17-13-10-14-18-32)43-38(45)33(25-31-15-11-9-12-16-31)26-37(44)29(4)27-47-39-30(5)35-20-19-28(3)34-21-23-41(6)51-40(50-39)42(34,35)53-52-41/h9-18,22,24,28-30,33-36,39-40H,7-8,19-21,23,25-27H2,1-6H3,(H,43,45)/b24-22+/t28-,29+,30-,33-,34+,35+,36+,39+,40-,41-,42-/m1/s1. The lowest BCUT2D eigenvalue weighted by Crippen LogP contribution is -2.70. The highest BCUT2D eigenvalue weighted by atomic mass is 31.2. The zero-order valence-electron chi connectivity index (χ0n) is 32.5. The summed E-state index contributed by atoms with van der Waals surface area (Å²) in [6, 6.07) is 18.4. The molecule has 0 unspecified atom stereocenters. The molecular weight excluding hydrogens is 709 g/mol. The van der Waals surface area contributed by atoms with Gasteiger partial charge >= 0.3 is 7.60 Å². The van der Waals surface area contributed by atoms with E-state index in [1.165, 1.54) is 5.82 Å². The van der Waals surface area contributed by atoms with Crippen LogP contribution in [0.1, 0.15) is 90.8 Å². The van der Waals surface area contributed by atoms with Crippen LogP contribution in [0.15, 0.2) is 72.6 Å². The van der Waals surface area contributed by atoms with Gasteiger partial charge in [0.2, 0.25) is 11.7 Å². The van der Waals surface area contributed by atoms with E-state index in [1.54, 1.807) is 19.9 Å². The van der Waals surface area contributed by atoms with Crippen LogP contribution in [0.2, 0.25) is 0 Å². The molecule has 4 aliphatic heterocycles. The van der Waals surface area contributed by atoms with Gasteiger partial charge in [-0.2, -0.15) is 0 Å². The van der Waals surface area contributed by atoms with E-state index in [4.69, 9.17) is 33.0 Å². The van der Waals surface area contributed by atoms with E-state index in [1.807, 2.05) is 74.5 Å². The molecule has 12 heteroatoms. The molecule has 11 atom stereocenters. The summed E-state index contributed by atoms with van der Waals surface area (Å²) >= 11 is 0. The summed E-state index contributed by atoms with van der Waals surface area (Å²) in [5.41, 5.74) is 1.03. The van der Waals surface area contributed by atoms with Crippen molar-refractivity contribution in [2.24, 2.45) is 35.5 Å². The molecule has 1 amide bonds. The maximum atomic E-state index is 14.2. The number of nitrogens with one attached hydrogen (secondary N) is 1. The van der Waals surface area contributed by atoms with Crippen LogP contribution in [-0.2, 0) is 53.6 Å². The fraction of sp³-hybridized carbons (Fsp3) is 0.619. The van der Waals surface area contributed by atoms with Crippen molar-refractivity contribution in [2.45, 2.75) is 110 Å². The lowest BCUT2D eigenvalue weighted by molar-refractivity contribution is -0.577. The van der Waals surface area contributed by atoms with Crippen molar-refractivity contribution < 1.29 is 47.2 Å². The van der Waals surface area contributed by atoms with E-state index in [-0.39, 0.29) is 55.7 Å². The molecule has 2 bridgehead atoms. The summed E-state index contributed by atoms with van der Waals surface area (Å²) < 4.78 is 43.7.